The average Bonchev–Trinajstić information content (AvgIpc) is 2.47. The van der Waals surface area contributed by atoms with E-state index in [1.165, 1.54) is 0 Å². The molecule has 0 aliphatic heterocycles. The third kappa shape index (κ3) is 4.67. The quantitative estimate of drug-likeness (QED) is 0.564. The van der Waals surface area contributed by atoms with E-state index in [1.54, 1.807) is 12.3 Å². The van der Waals surface area contributed by atoms with Gasteiger partial charge in [-0.05, 0) is 18.1 Å². The molecule has 0 amide bonds. The maximum Gasteiger partial charge on any atom is 0.194 e. The van der Waals surface area contributed by atoms with Crippen LogP contribution in [0.15, 0.2) is 54.7 Å². The molecule has 1 N–H and O–H groups in total. The Morgan fingerprint density at radius 2 is 1.68 bits per heavy atom. The van der Waals surface area contributed by atoms with Crippen LogP contribution >= 0.6 is 0 Å². The van der Waals surface area contributed by atoms with Crippen molar-refractivity contribution in [2.45, 2.75) is 5.60 Å². The Balaban J connectivity index is 0.00000242. The number of aliphatic hydroxyl groups is 1. The first-order valence-corrected chi connectivity index (χ1v) is 6.92. The van der Waals surface area contributed by atoms with Crippen molar-refractivity contribution < 1.29 is 26.6 Å². The molecule has 0 fully saturated rings. The van der Waals surface area contributed by atoms with Gasteiger partial charge >= 0.3 is 0 Å². The predicted octanol–water partition coefficient (Wildman–Crippen LogP) is -0.969. The molecule has 0 aliphatic carbocycles. The van der Waals surface area contributed by atoms with E-state index in [2.05, 4.69) is 38.0 Å². The minimum absolute atomic E-state index is 0. The minimum Gasteiger partial charge on any atom is -1.00 e. The second kappa shape index (κ2) is 7.55. The van der Waals surface area contributed by atoms with Gasteiger partial charge in [0.05, 0.1) is 26.8 Å². The molecular formula is C18H21BrN2O. The molecular weight excluding hydrogens is 340 g/mol. The van der Waals surface area contributed by atoms with Crippen molar-refractivity contribution in [3.05, 3.63) is 66.0 Å². The summed E-state index contributed by atoms with van der Waals surface area (Å²) in [6.07, 6.45) is 1.67. The van der Waals surface area contributed by atoms with Crippen LogP contribution in [-0.4, -0.2) is 42.3 Å². The van der Waals surface area contributed by atoms with Gasteiger partial charge in [-0.1, -0.05) is 42.3 Å². The molecule has 0 spiro atoms. The van der Waals surface area contributed by atoms with E-state index in [0.717, 1.165) is 10.0 Å². The molecule has 1 heterocycles. The summed E-state index contributed by atoms with van der Waals surface area (Å²) >= 11 is 0. The zero-order valence-corrected chi connectivity index (χ0v) is 14.7. The molecule has 4 heteroatoms. The van der Waals surface area contributed by atoms with Gasteiger partial charge in [-0.25, -0.2) is 0 Å². The molecule has 22 heavy (non-hydrogen) atoms. The molecule has 0 saturated carbocycles. The Bertz CT molecular complexity index is 600. The van der Waals surface area contributed by atoms with Gasteiger partial charge in [0.15, 0.2) is 5.60 Å². The van der Waals surface area contributed by atoms with Crippen molar-refractivity contribution in [3.8, 4) is 11.8 Å². The smallest absolute Gasteiger partial charge is 0.194 e. The third-order valence-corrected chi connectivity index (χ3v) is 3.05. The van der Waals surface area contributed by atoms with Crippen LogP contribution in [-0.2, 0) is 5.60 Å². The molecule has 3 nitrogen and oxygen atoms in total. The summed E-state index contributed by atoms with van der Waals surface area (Å²) in [5.74, 6) is 6.11. The van der Waals surface area contributed by atoms with Crippen LogP contribution in [0.4, 0.5) is 0 Å². The van der Waals surface area contributed by atoms with Crippen LogP contribution < -0.4 is 17.0 Å². The Labute approximate surface area is 143 Å². The first-order valence-electron chi connectivity index (χ1n) is 6.92. The number of rotatable bonds is 3. The van der Waals surface area contributed by atoms with Gasteiger partial charge in [0.25, 0.3) is 0 Å². The fourth-order valence-electron chi connectivity index (χ4n) is 1.94. The van der Waals surface area contributed by atoms with Gasteiger partial charge in [0, 0.05) is 11.8 Å². The SMILES string of the molecule is C[N+](C)(C)CC#CC(O)(c1ccccc1)c1ccccn1.[Br-]. The Morgan fingerprint density at radius 1 is 1.05 bits per heavy atom. The zero-order valence-electron chi connectivity index (χ0n) is 13.1. The van der Waals surface area contributed by atoms with Crippen molar-refractivity contribution in [2.24, 2.45) is 0 Å². The molecule has 0 saturated heterocycles. The summed E-state index contributed by atoms with van der Waals surface area (Å²) in [6, 6.07) is 14.9. The Kier molecular flexibility index (Phi) is 6.31. The number of benzene rings is 1. The number of quaternary nitrogens is 1. The molecule has 1 aromatic carbocycles. The topological polar surface area (TPSA) is 33.1 Å². The molecule has 1 unspecified atom stereocenters. The third-order valence-electron chi connectivity index (χ3n) is 3.05. The molecule has 2 rings (SSSR count). The lowest BCUT2D eigenvalue weighted by Crippen LogP contribution is -3.00. The maximum absolute atomic E-state index is 11.1. The number of nitrogens with zero attached hydrogens (tertiary/aromatic N) is 2. The van der Waals surface area contributed by atoms with Gasteiger partial charge in [0.2, 0.25) is 0 Å². The lowest BCUT2D eigenvalue weighted by Gasteiger charge is -2.23. The van der Waals surface area contributed by atoms with E-state index >= 15 is 0 Å². The van der Waals surface area contributed by atoms with Crippen molar-refractivity contribution in [1.82, 2.24) is 4.98 Å². The van der Waals surface area contributed by atoms with Gasteiger partial charge in [-0.2, -0.15) is 0 Å². The van der Waals surface area contributed by atoms with Crippen molar-refractivity contribution in [2.75, 3.05) is 27.7 Å². The normalized spacial score (nSPS) is 13.3. The van der Waals surface area contributed by atoms with Crippen LogP contribution in [0.2, 0.25) is 0 Å². The number of hydrogen-bond acceptors (Lipinski definition) is 2. The number of aromatic nitrogens is 1. The number of hydrogen-bond donors (Lipinski definition) is 1. The highest BCUT2D eigenvalue weighted by Gasteiger charge is 2.30. The van der Waals surface area contributed by atoms with Crippen LogP contribution in [0.5, 0.6) is 0 Å². The fourth-order valence-corrected chi connectivity index (χ4v) is 1.94. The summed E-state index contributed by atoms with van der Waals surface area (Å²) in [5.41, 5.74) is -0.0970. The summed E-state index contributed by atoms with van der Waals surface area (Å²) < 4.78 is 0.722. The van der Waals surface area contributed by atoms with Crippen molar-refractivity contribution in [1.29, 1.82) is 0 Å². The standard InChI is InChI=1S/C18H21N2O.BrH/c1-20(2,3)15-9-13-18(21,16-10-5-4-6-11-16)17-12-7-8-14-19-17;/h4-8,10-12,14,21H,15H2,1-3H3;1H/q+1;/p-1. The molecule has 0 radical (unpaired) electrons. The van der Waals surface area contributed by atoms with Crippen LogP contribution in [0.1, 0.15) is 11.3 Å². The predicted molar refractivity (Wildman–Crippen MR) is 84.4 cm³/mol. The van der Waals surface area contributed by atoms with E-state index in [-0.39, 0.29) is 17.0 Å². The molecule has 0 bridgehead atoms. The monoisotopic (exact) mass is 360 g/mol. The summed E-state index contributed by atoms with van der Waals surface area (Å²) in [5, 5.41) is 11.1. The minimum atomic E-state index is -1.38. The van der Waals surface area contributed by atoms with Gasteiger partial charge < -0.3 is 26.6 Å². The molecule has 0 aliphatic rings. The second-order valence-corrected chi connectivity index (χ2v) is 6.04. The van der Waals surface area contributed by atoms with E-state index in [0.29, 0.717) is 12.2 Å². The van der Waals surface area contributed by atoms with E-state index in [4.69, 9.17) is 0 Å². The van der Waals surface area contributed by atoms with E-state index < -0.39 is 5.60 Å². The fraction of sp³-hybridized carbons (Fsp3) is 0.278. The van der Waals surface area contributed by atoms with E-state index in [1.807, 2.05) is 42.5 Å². The molecule has 1 atom stereocenters. The van der Waals surface area contributed by atoms with Crippen LogP contribution in [0.3, 0.4) is 0 Å². The van der Waals surface area contributed by atoms with Crippen molar-refractivity contribution >= 4 is 0 Å². The lowest BCUT2D eigenvalue weighted by atomic mass is 9.90. The number of halogens is 1. The zero-order chi connectivity index (χ0) is 15.3. The molecule has 2 aromatic rings. The summed E-state index contributed by atoms with van der Waals surface area (Å²) in [7, 11) is 6.20. The highest BCUT2D eigenvalue weighted by atomic mass is 79.9. The molecule has 1 aromatic heterocycles. The van der Waals surface area contributed by atoms with Gasteiger partial charge in [-0.15, -0.1) is 0 Å². The molecule has 116 valence electrons. The van der Waals surface area contributed by atoms with Gasteiger partial charge in [-0.3, -0.25) is 4.98 Å². The second-order valence-electron chi connectivity index (χ2n) is 6.04. The summed E-state index contributed by atoms with van der Waals surface area (Å²) in [6.45, 7) is 0.655. The largest absolute Gasteiger partial charge is 1.00 e. The highest BCUT2D eigenvalue weighted by molar-refractivity contribution is 5.41. The first kappa shape index (κ1) is 18.4. The maximum atomic E-state index is 11.1. The van der Waals surface area contributed by atoms with Gasteiger partial charge in [0.1, 0.15) is 6.54 Å². The Hall–Kier alpha value is -1.67. The van der Waals surface area contributed by atoms with Crippen LogP contribution in [0.25, 0.3) is 0 Å². The first-order chi connectivity index (χ1) is 9.92. The average molecular weight is 361 g/mol. The van der Waals surface area contributed by atoms with E-state index in [9.17, 15) is 5.11 Å². The highest BCUT2D eigenvalue weighted by Crippen LogP contribution is 2.27. The van der Waals surface area contributed by atoms with Crippen molar-refractivity contribution in [3.63, 3.8) is 0 Å². The lowest BCUT2D eigenvalue weighted by molar-refractivity contribution is -0.862. The Morgan fingerprint density at radius 3 is 2.23 bits per heavy atom. The number of pyridine rings is 1. The van der Waals surface area contributed by atoms with Crippen LogP contribution in [0, 0.1) is 11.8 Å². The summed E-state index contributed by atoms with van der Waals surface area (Å²) in [4.78, 5) is 4.28.